The summed E-state index contributed by atoms with van der Waals surface area (Å²) in [5.74, 6) is 4.16. The highest BCUT2D eigenvalue weighted by atomic mass is 16.5. The Hall–Kier alpha value is -6.30. The summed E-state index contributed by atoms with van der Waals surface area (Å²) >= 11 is 0. The van der Waals surface area contributed by atoms with Crippen LogP contribution in [0.5, 0.6) is 17.2 Å². The molecule has 0 saturated carbocycles. The van der Waals surface area contributed by atoms with E-state index < -0.39 is 0 Å². The lowest BCUT2D eigenvalue weighted by Crippen LogP contribution is -1.90. The third kappa shape index (κ3) is 6.49. The van der Waals surface area contributed by atoms with Gasteiger partial charge in [0.2, 0.25) is 35.3 Å². The molecular weight excluding hydrogens is 612 g/mol. The Morgan fingerprint density at radius 2 is 0.583 bits per heavy atom. The lowest BCUT2D eigenvalue weighted by atomic mass is 10.1. The molecule has 0 aliphatic carbocycles. The van der Waals surface area contributed by atoms with Gasteiger partial charge in [-0.1, -0.05) is 0 Å². The largest absolute Gasteiger partial charge is 0.494 e. The first-order chi connectivity index (χ1) is 23.6. The van der Waals surface area contributed by atoms with Gasteiger partial charge < -0.3 is 27.5 Å². The summed E-state index contributed by atoms with van der Waals surface area (Å²) in [6.45, 7) is 7.53. The van der Waals surface area contributed by atoms with E-state index in [4.69, 9.17) is 27.5 Å². The van der Waals surface area contributed by atoms with Crippen molar-refractivity contribution in [3.8, 4) is 86.0 Å². The SMILES string of the molecule is CCOc1ccc(-c2nnc(-c3cc(-c4nnc(-c5ccc(OCC)cc5)o4)cc(-c4nnc(-c5ccc(OCC)cc5)o4)c3)o2)cc1. The van der Waals surface area contributed by atoms with Crippen molar-refractivity contribution in [3.05, 3.63) is 91.0 Å². The van der Waals surface area contributed by atoms with Crippen LogP contribution in [0.15, 0.2) is 104 Å². The van der Waals surface area contributed by atoms with Crippen LogP contribution in [-0.2, 0) is 0 Å². The van der Waals surface area contributed by atoms with Crippen LogP contribution in [0.2, 0.25) is 0 Å². The summed E-state index contributed by atoms with van der Waals surface area (Å²) in [7, 11) is 0. The Bertz CT molecular complexity index is 1860. The third-order valence-corrected chi connectivity index (χ3v) is 7.19. The zero-order valence-corrected chi connectivity index (χ0v) is 26.4. The predicted molar refractivity (Wildman–Crippen MR) is 176 cm³/mol. The summed E-state index contributed by atoms with van der Waals surface area (Å²) in [5.41, 5.74) is 4.03. The Balaban J connectivity index is 1.25. The smallest absolute Gasteiger partial charge is 0.248 e. The molecule has 0 bridgehead atoms. The molecule has 0 aliphatic heterocycles. The molecule has 0 fully saturated rings. The molecule has 3 heterocycles. The lowest BCUT2D eigenvalue weighted by Gasteiger charge is -2.04. The number of hydrogen-bond donors (Lipinski definition) is 0. The van der Waals surface area contributed by atoms with Gasteiger partial charge in [0.15, 0.2) is 0 Å². The van der Waals surface area contributed by atoms with Gasteiger partial charge in [0.1, 0.15) is 17.2 Å². The molecule has 7 aromatic rings. The van der Waals surface area contributed by atoms with Gasteiger partial charge in [0.25, 0.3) is 0 Å². The molecule has 0 saturated heterocycles. The first kappa shape index (κ1) is 30.4. The standard InChI is InChI=1S/C36H30N6O6/c1-4-43-28-13-7-22(8-14-28)31-37-40-34(46-31)25-19-26(35-41-38-32(47-35)23-9-15-29(16-10-23)44-5-2)21-27(20-25)36-42-39-33(48-36)24-11-17-30(18-12-24)45-6-3/h7-21H,4-6H2,1-3H3. The highest BCUT2D eigenvalue weighted by Gasteiger charge is 2.20. The number of benzene rings is 4. The van der Waals surface area contributed by atoms with E-state index in [1.165, 1.54) is 0 Å². The van der Waals surface area contributed by atoms with E-state index in [9.17, 15) is 0 Å². The van der Waals surface area contributed by atoms with Crippen LogP contribution in [0.1, 0.15) is 20.8 Å². The maximum Gasteiger partial charge on any atom is 0.248 e. The van der Waals surface area contributed by atoms with Crippen molar-refractivity contribution in [1.82, 2.24) is 30.6 Å². The van der Waals surface area contributed by atoms with E-state index >= 15 is 0 Å². The average molecular weight is 643 g/mol. The molecule has 48 heavy (non-hydrogen) atoms. The molecular formula is C36H30N6O6. The number of ether oxygens (including phenoxy) is 3. The normalized spacial score (nSPS) is 11.1. The third-order valence-electron chi connectivity index (χ3n) is 7.19. The van der Waals surface area contributed by atoms with Crippen LogP contribution in [-0.4, -0.2) is 50.4 Å². The van der Waals surface area contributed by atoms with E-state index in [1.54, 1.807) is 0 Å². The molecule has 0 amide bonds. The molecule has 0 N–H and O–H groups in total. The quantitative estimate of drug-likeness (QED) is 0.127. The molecule has 0 spiro atoms. The van der Waals surface area contributed by atoms with E-state index in [0.29, 0.717) is 54.2 Å². The molecule has 12 heteroatoms. The Morgan fingerprint density at radius 3 is 0.812 bits per heavy atom. The van der Waals surface area contributed by atoms with Gasteiger partial charge >= 0.3 is 0 Å². The predicted octanol–water partition coefficient (Wildman–Crippen LogP) is 8.03. The summed E-state index contributed by atoms with van der Waals surface area (Å²) in [4.78, 5) is 0. The minimum atomic E-state index is 0.277. The fourth-order valence-electron chi connectivity index (χ4n) is 4.95. The summed E-state index contributed by atoms with van der Waals surface area (Å²) in [6.07, 6.45) is 0. The molecule has 240 valence electrons. The highest BCUT2D eigenvalue weighted by molar-refractivity contribution is 5.74. The van der Waals surface area contributed by atoms with Crippen molar-refractivity contribution in [2.75, 3.05) is 19.8 Å². The summed E-state index contributed by atoms with van der Waals surface area (Å²) in [5, 5.41) is 25.9. The van der Waals surface area contributed by atoms with Crippen molar-refractivity contribution in [3.63, 3.8) is 0 Å². The van der Waals surface area contributed by atoms with Crippen molar-refractivity contribution in [2.45, 2.75) is 20.8 Å². The Labute approximate surface area is 275 Å². The van der Waals surface area contributed by atoms with Gasteiger partial charge in [0.05, 0.1) is 19.8 Å². The number of hydrogen-bond acceptors (Lipinski definition) is 12. The highest BCUT2D eigenvalue weighted by Crippen LogP contribution is 2.35. The van der Waals surface area contributed by atoms with Crippen LogP contribution in [0, 0.1) is 0 Å². The van der Waals surface area contributed by atoms with Crippen molar-refractivity contribution in [1.29, 1.82) is 0 Å². The second-order valence-corrected chi connectivity index (χ2v) is 10.4. The van der Waals surface area contributed by atoms with Gasteiger partial charge in [-0.15, -0.1) is 30.6 Å². The van der Waals surface area contributed by atoms with E-state index in [0.717, 1.165) is 33.9 Å². The molecule has 0 atom stereocenters. The Kier molecular flexibility index (Phi) is 8.60. The monoisotopic (exact) mass is 642 g/mol. The number of aromatic nitrogens is 6. The summed E-state index contributed by atoms with van der Waals surface area (Å²) < 4.78 is 35.0. The van der Waals surface area contributed by atoms with Crippen LogP contribution < -0.4 is 14.2 Å². The minimum Gasteiger partial charge on any atom is -0.494 e. The van der Waals surface area contributed by atoms with Gasteiger partial charge in [-0.05, 0) is 112 Å². The Morgan fingerprint density at radius 1 is 0.354 bits per heavy atom. The lowest BCUT2D eigenvalue weighted by molar-refractivity contribution is 0.340. The van der Waals surface area contributed by atoms with Gasteiger partial charge in [-0.25, -0.2) is 0 Å². The minimum absolute atomic E-state index is 0.277. The fourth-order valence-corrected chi connectivity index (χ4v) is 4.95. The average Bonchev–Trinajstić information content (AvgIpc) is 3.92. The van der Waals surface area contributed by atoms with Gasteiger partial charge in [-0.2, -0.15) is 0 Å². The van der Waals surface area contributed by atoms with Crippen molar-refractivity contribution in [2.24, 2.45) is 0 Å². The zero-order valence-electron chi connectivity index (χ0n) is 26.4. The van der Waals surface area contributed by atoms with Gasteiger partial charge in [-0.3, -0.25) is 0 Å². The molecule has 7 rings (SSSR count). The van der Waals surface area contributed by atoms with Crippen molar-refractivity contribution < 1.29 is 27.5 Å². The molecule has 12 nitrogen and oxygen atoms in total. The molecule has 4 aromatic carbocycles. The van der Waals surface area contributed by atoms with Crippen LogP contribution in [0.4, 0.5) is 0 Å². The van der Waals surface area contributed by atoms with Crippen molar-refractivity contribution >= 4 is 0 Å². The zero-order chi connectivity index (χ0) is 32.9. The molecule has 0 unspecified atom stereocenters. The second-order valence-electron chi connectivity index (χ2n) is 10.4. The van der Waals surface area contributed by atoms with Crippen LogP contribution >= 0.6 is 0 Å². The van der Waals surface area contributed by atoms with Gasteiger partial charge in [0, 0.05) is 33.4 Å². The van der Waals surface area contributed by atoms with E-state index in [2.05, 4.69) is 30.6 Å². The first-order valence-electron chi connectivity index (χ1n) is 15.5. The topological polar surface area (TPSA) is 144 Å². The molecule has 0 aliphatic rings. The second kappa shape index (κ2) is 13.6. The van der Waals surface area contributed by atoms with Crippen LogP contribution in [0.25, 0.3) is 68.7 Å². The maximum absolute atomic E-state index is 6.13. The summed E-state index contributed by atoms with van der Waals surface area (Å²) in [6, 6.07) is 27.8. The maximum atomic E-state index is 6.13. The number of nitrogens with zero attached hydrogens (tertiary/aromatic N) is 6. The molecule has 3 aromatic heterocycles. The fraction of sp³-hybridized carbons (Fsp3) is 0.167. The molecule has 0 radical (unpaired) electrons. The van der Waals surface area contributed by atoms with Crippen LogP contribution in [0.3, 0.4) is 0 Å². The van der Waals surface area contributed by atoms with E-state index in [1.807, 2.05) is 112 Å². The first-order valence-corrected chi connectivity index (χ1v) is 15.5. The number of rotatable bonds is 12. The van der Waals surface area contributed by atoms with E-state index in [-0.39, 0.29) is 17.7 Å².